The lowest BCUT2D eigenvalue weighted by molar-refractivity contribution is 0.702. The molecule has 0 spiro atoms. The van der Waals surface area contributed by atoms with Crippen molar-refractivity contribution in [3.8, 4) is 0 Å². The van der Waals surface area contributed by atoms with Crippen LogP contribution in [-0.2, 0) is 20.6 Å². The summed E-state index contributed by atoms with van der Waals surface area (Å²) in [7, 11) is 3.07. The molecule has 0 radical (unpaired) electrons. The predicted molar refractivity (Wildman–Crippen MR) is 126 cm³/mol. The average Bonchev–Trinajstić information content (AvgIpc) is 3.10. The summed E-state index contributed by atoms with van der Waals surface area (Å²) in [5, 5.41) is 4.29. The lowest BCUT2D eigenvalue weighted by Crippen LogP contribution is -2.37. The second-order valence-electron chi connectivity index (χ2n) is 7.31. The molecule has 0 saturated carbocycles. The van der Waals surface area contributed by atoms with Crippen LogP contribution in [0.2, 0.25) is 0 Å². The number of anilines is 1. The number of rotatable bonds is 5. The number of aromatic nitrogens is 4. The lowest BCUT2D eigenvalue weighted by Gasteiger charge is -2.10. The number of nitrogens with one attached hydrogen (secondary N) is 1. The van der Waals surface area contributed by atoms with Crippen molar-refractivity contribution in [3.63, 3.8) is 0 Å². The number of hydrazone groups is 1. The zero-order chi connectivity index (χ0) is 22.1. The Hall–Kier alpha value is -3.46. The summed E-state index contributed by atoms with van der Waals surface area (Å²) >= 11 is 3.41. The van der Waals surface area contributed by atoms with Gasteiger partial charge in [0.1, 0.15) is 0 Å². The molecular formula is C22H21BrN6O2. The largest absolute Gasteiger partial charge is 0.332 e. The van der Waals surface area contributed by atoms with Crippen LogP contribution in [0, 0.1) is 6.92 Å². The number of nitrogens with zero attached hydrogens (tertiary/aromatic N) is 5. The maximum absolute atomic E-state index is 12.9. The molecular weight excluding hydrogens is 460 g/mol. The highest BCUT2D eigenvalue weighted by Gasteiger charge is 2.19. The van der Waals surface area contributed by atoms with Gasteiger partial charge in [-0.1, -0.05) is 57.9 Å². The summed E-state index contributed by atoms with van der Waals surface area (Å²) < 4.78 is 5.19. The molecule has 0 aliphatic rings. The van der Waals surface area contributed by atoms with Crippen LogP contribution in [0.15, 0.2) is 67.7 Å². The van der Waals surface area contributed by atoms with Crippen molar-refractivity contribution in [1.82, 2.24) is 18.7 Å². The van der Waals surface area contributed by atoms with Crippen LogP contribution in [0.1, 0.15) is 16.7 Å². The third-order valence-electron chi connectivity index (χ3n) is 5.02. The molecule has 0 bridgehead atoms. The second-order valence-corrected chi connectivity index (χ2v) is 8.23. The molecule has 4 aromatic rings. The molecule has 1 N–H and O–H groups in total. The summed E-state index contributed by atoms with van der Waals surface area (Å²) in [5.74, 6) is 0.378. The molecule has 31 heavy (non-hydrogen) atoms. The average molecular weight is 481 g/mol. The smallest absolute Gasteiger partial charge is 0.298 e. The van der Waals surface area contributed by atoms with Gasteiger partial charge in [0.25, 0.3) is 5.56 Å². The number of imidazole rings is 1. The van der Waals surface area contributed by atoms with E-state index in [1.807, 2.05) is 55.5 Å². The first-order valence-electron chi connectivity index (χ1n) is 9.61. The van der Waals surface area contributed by atoms with Crippen molar-refractivity contribution in [1.29, 1.82) is 0 Å². The van der Waals surface area contributed by atoms with E-state index in [-0.39, 0.29) is 0 Å². The summed E-state index contributed by atoms with van der Waals surface area (Å²) in [5.41, 5.74) is 5.79. The number of aryl methyl sites for hydroxylation is 2. The molecule has 0 aliphatic heterocycles. The van der Waals surface area contributed by atoms with E-state index in [2.05, 4.69) is 31.4 Å². The molecule has 0 atom stereocenters. The Morgan fingerprint density at radius 2 is 1.84 bits per heavy atom. The third kappa shape index (κ3) is 4.09. The molecule has 2 aromatic carbocycles. The maximum Gasteiger partial charge on any atom is 0.332 e. The highest BCUT2D eigenvalue weighted by Crippen LogP contribution is 2.18. The van der Waals surface area contributed by atoms with E-state index in [0.29, 0.717) is 23.7 Å². The van der Waals surface area contributed by atoms with Crippen molar-refractivity contribution in [2.75, 3.05) is 5.43 Å². The minimum Gasteiger partial charge on any atom is -0.298 e. The molecule has 0 saturated heterocycles. The first-order valence-corrected chi connectivity index (χ1v) is 10.4. The molecule has 158 valence electrons. The van der Waals surface area contributed by atoms with Gasteiger partial charge >= 0.3 is 5.69 Å². The topological polar surface area (TPSA) is 86.2 Å². The maximum atomic E-state index is 12.9. The first-order chi connectivity index (χ1) is 14.8. The minimum absolute atomic E-state index is 0.307. The van der Waals surface area contributed by atoms with E-state index in [9.17, 15) is 9.59 Å². The van der Waals surface area contributed by atoms with Gasteiger partial charge in [-0.2, -0.15) is 10.1 Å². The molecule has 4 rings (SSSR count). The van der Waals surface area contributed by atoms with Gasteiger partial charge in [0.2, 0.25) is 5.95 Å². The molecule has 2 aromatic heterocycles. The van der Waals surface area contributed by atoms with Crippen LogP contribution in [0.3, 0.4) is 0 Å². The van der Waals surface area contributed by atoms with Crippen molar-refractivity contribution in [2.24, 2.45) is 19.2 Å². The van der Waals surface area contributed by atoms with Gasteiger partial charge in [0, 0.05) is 18.6 Å². The van der Waals surface area contributed by atoms with Gasteiger partial charge in [0.15, 0.2) is 11.2 Å². The Kier molecular flexibility index (Phi) is 5.60. The number of benzene rings is 2. The Labute approximate surface area is 186 Å². The molecule has 2 heterocycles. The molecule has 0 fully saturated rings. The van der Waals surface area contributed by atoms with Gasteiger partial charge in [-0.25, -0.2) is 10.2 Å². The van der Waals surface area contributed by atoms with E-state index in [0.717, 1.165) is 25.7 Å². The van der Waals surface area contributed by atoms with Gasteiger partial charge in [0.05, 0.1) is 12.8 Å². The minimum atomic E-state index is -0.428. The van der Waals surface area contributed by atoms with Gasteiger partial charge in [-0.15, -0.1) is 0 Å². The van der Waals surface area contributed by atoms with E-state index in [1.54, 1.807) is 17.8 Å². The highest BCUT2D eigenvalue weighted by molar-refractivity contribution is 9.10. The Morgan fingerprint density at radius 3 is 2.55 bits per heavy atom. The molecule has 0 unspecified atom stereocenters. The standard InChI is InChI=1S/C22H21BrN6O2/c1-14-5-4-6-16(11-14)13-29-18-19(27(2)22(31)28(3)20(18)30)25-21(29)26-24-12-15-7-9-17(23)10-8-15/h4-12H,13H2,1-3H3,(H,25,26). The molecule has 9 heteroatoms. The molecule has 8 nitrogen and oxygen atoms in total. The number of halogens is 1. The predicted octanol–water partition coefficient (Wildman–Crippen LogP) is 3.00. The fourth-order valence-electron chi connectivity index (χ4n) is 3.39. The van der Waals surface area contributed by atoms with E-state index >= 15 is 0 Å². The Bertz CT molecular complexity index is 1410. The summed E-state index contributed by atoms with van der Waals surface area (Å²) in [6, 6.07) is 15.7. The van der Waals surface area contributed by atoms with Gasteiger partial charge in [-0.05, 0) is 30.2 Å². The highest BCUT2D eigenvalue weighted by atomic mass is 79.9. The van der Waals surface area contributed by atoms with Crippen LogP contribution in [0.5, 0.6) is 0 Å². The Morgan fingerprint density at radius 1 is 1.10 bits per heavy atom. The van der Waals surface area contributed by atoms with Crippen LogP contribution in [0.25, 0.3) is 11.2 Å². The van der Waals surface area contributed by atoms with Crippen molar-refractivity contribution < 1.29 is 0 Å². The quantitative estimate of drug-likeness (QED) is 0.351. The van der Waals surface area contributed by atoms with Crippen molar-refractivity contribution in [2.45, 2.75) is 13.5 Å². The van der Waals surface area contributed by atoms with E-state index < -0.39 is 11.2 Å². The number of hydrogen-bond donors (Lipinski definition) is 1. The SMILES string of the molecule is Cc1cccc(Cn2c(NN=Cc3ccc(Br)cc3)nc3c2c(=O)n(C)c(=O)n3C)c1. The van der Waals surface area contributed by atoms with E-state index in [4.69, 9.17) is 0 Å². The third-order valence-corrected chi connectivity index (χ3v) is 5.55. The fraction of sp³-hybridized carbons (Fsp3) is 0.182. The zero-order valence-electron chi connectivity index (χ0n) is 17.3. The first kappa shape index (κ1) is 20.8. The fourth-order valence-corrected chi connectivity index (χ4v) is 3.66. The zero-order valence-corrected chi connectivity index (χ0v) is 18.9. The molecule has 0 aliphatic carbocycles. The van der Waals surface area contributed by atoms with Crippen LogP contribution >= 0.6 is 15.9 Å². The Balaban J connectivity index is 1.82. The summed E-state index contributed by atoms with van der Waals surface area (Å²) in [4.78, 5) is 29.8. The van der Waals surface area contributed by atoms with Crippen LogP contribution in [0.4, 0.5) is 5.95 Å². The number of fused-ring (bicyclic) bond motifs is 1. The lowest BCUT2D eigenvalue weighted by atomic mass is 10.1. The molecule has 0 amide bonds. The summed E-state index contributed by atoms with van der Waals surface area (Å²) in [6.45, 7) is 2.42. The normalized spacial score (nSPS) is 11.5. The summed E-state index contributed by atoms with van der Waals surface area (Å²) in [6.07, 6.45) is 1.67. The van der Waals surface area contributed by atoms with Crippen molar-refractivity contribution in [3.05, 3.63) is 90.5 Å². The number of hydrogen-bond acceptors (Lipinski definition) is 5. The van der Waals surface area contributed by atoms with Crippen LogP contribution < -0.4 is 16.7 Å². The van der Waals surface area contributed by atoms with Crippen molar-refractivity contribution >= 4 is 39.3 Å². The van der Waals surface area contributed by atoms with E-state index in [1.165, 1.54) is 11.6 Å². The monoisotopic (exact) mass is 480 g/mol. The van der Waals surface area contributed by atoms with Gasteiger partial charge in [-0.3, -0.25) is 18.5 Å². The second kappa shape index (κ2) is 8.35. The van der Waals surface area contributed by atoms with Gasteiger partial charge < -0.3 is 0 Å². The van der Waals surface area contributed by atoms with Crippen LogP contribution in [-0.4, -0.2) is 24.9 Å².